The van der Waals surface area contributed by atoms with E-state index in [-0.39, 0.29) is 17.2 Å². The van der Waals surface area contributed by atoms with Gasteiger partial charge >= 0.3 is 0 Å². The molecule has 0 heterocycles. The van der Waals surface area contributed by atoms with E-state index in [4.69, 9.17) is 9.47 Å². The highest BCUT2D eigenvalue weighted by atomic mass is 16.5. The first-order chi connectivity index (χ1) is 16.8. The van der Waals surface area contributed by atoms with E-state index < -0.39 is 0 Å². The van der Waals surface area contributed by atoms with Crippen molar-refractivity contribution in [3.63, 3.8) is 0 Å². The molecule has 0 aliphatic carbocycles. The number of amides is 2. The highest BCUT2D eigenvalue weighted by Crippen LogP contribution is 2.32. The molecule has 0 bridgehead atoms. The van der Waals surface area contributed by atoms with Gasteiger partial charge in [-0.25, -0.2) is 0 Å². The van der Waals surface area contributed by atoms with Crippen LogP contribution in [0.3, 0.4) is 0 Å². The van der Waals surface area contributed by atoms with Crippen molar-refractivity contribution in [1.29, 1.82) is 0 Å². The Morgan fingerprint density at radius 3 is 1.26 bits per heavy atom. The average molecular weight is 499 g/mol. The van der Waals surface area contributed by atoms with Crippen molar-refractivity contribution in [1.82, 2.24) is 9.80 Å². The number of nitrogens with zero attached hydrogens (tertiary/aromatic N) is 2. The standard InChI is InChI=1S/C29H58N2O4/c1-7-9-11-13-15-17-23-34-25-29(21-19-27(32)30(3)4,22-20-28(33)31(5)6)26-35-24-18-16-14-12-10-8-2/h7-26H2,1-6H3. The molecule has 0 N–H and O–H groups in total. The second kappa shape index (κ2) is 22.1. The van der Waals surface area contributed by atoms with Crippen LogP contribution < -0.4 is 0 Å². The lowest BCUT2D eigenvalue weighted by atomic mass is 9.80. The van der Waals surface area contributed by atoms with E-state index in [2.05, 4.69) is 13.8 Å². The molecule has 35 heavy (non-hydrogen) atoms. The number of rotatable bonds is 24. The number of carbonyl (C=O) groups excluding carboxylic acids is 2. The van der Waals surface area contributed by atoms with Crippen molar-refractivity contribution in [2.24, 2.45) is 5.41 Å². The fourth-order valence-corrected chi connectivity index (χ4v) is 4.19. The van der Waals surface area contributed by atoms with E-state index in [0.29, 0.717) is 38.9 Å². The van der Waals surface area contributed by atoms with Gasteiger partial charge in [0.15, 0.2) is 0 Å². The third-order valence-corrected chi connectivity index (χ3v) is 6.84. The minimum absolute atomic E-state index is 0.111. The number of ether oxygens (including phenoxy) is 2. The van der Waals surface area contributed by atoms with Crippen LogP contribution in [-0.2, 0) is 19.1 Å². The van der Waals surface area contributed by atoms with Gasteiger partial charge in [-0.1, -0.05) is 78.1 Å². The molecule has 0 saturated carbocycles. The monoisotopic (exact) mass is 498 g/mol. The molecule has 0 spiro atoms. The Kier molecular flexibility index (Phi) is 21.4. The van der Waals surface area contributed by atoms with Crippen molar-refractivity contribution in [2.45, 2.75) is 117 Å². The lowest BCUT2D eigenvalue weighted by Crippen LogP contribution is -2.36. The Bertz CT molecular complexity index is 477. The zero-order valence-corrected chi connectivity index (χ0v) is 24.2. The molecule has 0 aliphatic rings. The van der Waals surface area contributed by atoms with Crippen LogP contribution in [0.1, 0.15) is 117 Å². The van der Waals surface area contributed by atoms with E-state index in [1.165, 1.54) is 64.2 Å². The Morgan fingerprint density at radius 2 is 0.914 bits per heavy atom. The van der Waals surface area contributed by atoms with Crippen molar-refractivity contribution in [2.75, 3.05) is 54.6 Å². The molecule has 0 radical (unpaired) electrons. The van der Waals surface area contributed by atoms with Crippen molar-refractivity contribution in [3.05, 3.63) is 0 Å². The molecule has 0 aliphatic heterocycles. The summed E-state index contributed by atoms with van der Waals surface area (Å²) in [5, 5.41) is 0. The molecule has 208 valence electrons. The molecule has 6 heteroatoms. The summed E-state index contributed by atoms with van der Waals surface area (Å²) in [5.41, 5.74) is -0.318. The first-order valence-corrected chi connectivity index (χ1v) is 14.3. The average Bonchev–Trinajstić information content (AvgIpc) is 2.83. The second-order valence-electron chi connectivity index (χ2n) is 10.7. The third-order valence-electron chi connectivity index (χ3n) is 6.84. The van der Waals surface area contributed by atoms with Gasteiger partial charge in [0.1, 0.15) is 0 Å². The van der Waals surface area contributed by atoms with Crippen molar-refractivity contribution in [3.8, 4) is 0 Å². The van der Waals surface area contributed by atoms with Gasteiger partial charge in [-0.3, -0.25) is 9.59 Å². The molecule has 0 fully saturated rings. The van der Waals surface area contributed by atoms with Crippen molar-refractivity contribution < 1.29 is 19.1 Å². The van der Waals surface area contributed by atoms with Crippen LogP contribution in [0.5, 0.6) is 0 Å². The van der Waals surface area contributed by atoms with Gasteiger partial charge in [0.05, 0.1) is 13.2 Å². The fourth-order valence-electron chi connectivity index (χ4n) is 4.19. The summed E-state index contributed by atoms with van der Waals surface area (Å²) < 4.78 is 12.4. The first kappa shape index (κ1) is 33.9. The van der Waals surface area contributed by atoms with E-state index >= 15 is 0 Å². The largest absolute Gasteiger partial charge is 0.381 e. The number of unbranched alkanes of at least 4 members (excludes halogenated alkanes) is 10. The Hall–Kier alpha value is -1.14. The molecule has 0 unspecified atom stereocenters. The van der Waals surface area contributed by atoms with Gasteiger partial charge in [-0.05, 0) is 25.7 Å². The summed E-state index contributed by atoms with van der Waals surface area (Å²) in [5.74, 6) is 0.223. The van der Waals surface area contributed by atoms with Crippen molar-refractivity contribution >= 4 is 11.8 Å². The normalized spacial score (nSPS) is 11.6. The van der Waals surface area contributed by atoms with Crippen LogP contribution in [-0.4, -0.2) is 76.2 Å². The van der Waals surface area contributed by atoms with Crippen LogP contribution in [0, 0.1) is 5.41 Å². The molecule has 6 nitrogen and oxygen atoms in total. The number of hydrogen-bond acceptors (Lipinski definition) is 4. The minimum atomic E-state index is -0.318. The lowest BCUT2D eigenvalue weighted by molar-refractivity contribution is -0.131. The van der Waals surface area contributed by atoms with E-state index in [9.17, 15) is 9.59 Å². The molecule has 0 aromatic heterocycles. The predicted molar refractivity (Wildman–Crippen MR) is 147 cm³/mol. The van der Waals surface area contributed by atoms with Gasteiger partial charge in [-0.2, -0.15) is 0 Å². The lowest BCUT2D eigenvalue weighted by Gasteiger charge is -2.34. The maximum absolute atomic E-state index is 12.4. The summed E-state index contributed by atoms with van der Waals surface area (Å²) in [6.45, 7) is 7.02. The van der Waals surface area contributed by atoms with Gasteiger partial charge in [-0.15, -0.1) is 0 Å². The Balaban J connectivity index is 4.97. The van der Waals surface area contributed by atoms with E-state index in [0.717, 1.165) is 26.1 Å². The van der Waals surface area contributed by atoms with Gasteiger partial charge in [0.25, 0.3) is 0 Å². The smallest absolute Gasteiger partial charge is 0.222 e. The quantitative estimate of drug-likeness (QED) is 0.143. The predicted octanol–water partition coefficient (Wildman–Crippen LogP) is 6.46. The van der Waals surface area contributed by atoms with Gasteiger partial charge in [0.2, 0.25) is 11.8 Å². The first-order valence-electron chi connectivity index (χ1n) is 14.3. The molecule has 2 amide bonds. The summed E-state index contributed by atoms with van der Waals surface area (Å²) in [7, 11) is 7.18. The number of hydrogen-bond donors (Lipinski definition) is 0. The van der Waals surface area contributed by atoms with Gasteiger partial charge in [0, 0.05) is 59.7 Å². The fraction of sp³-hybridized carbons (Fsp3) is 0.931. The van der Waals surface area contributed by atoms with Crippen LogP contribution >= 0.6 is 0 Å². The van der Waals surface area contributed by atoms with E-state index in [1.807, 2.05) is 0 Å². The summed E-state index contributed by atoms with van der Waals surface area (Å²) in [4.78, 5) is 28.1. The van der Waals surface area contributed by atoms with Crippen LogP contribution in [0.4, 0.5) is 0 Å². The molecular weight excluding hydrogens is 440 g/mol. The minimum Gasteiger partial charge on any atom is -0.381 e. The molecule has 0 atom stereocenters. The topological polar surface area (TPSA) is 59.1 Å². The highest BCUT2D eigenvalue weighted by molar-refractivity contribution is 5.76. The Labute approximate surface area is 217 Å². The Morgan fingerprint density at radius 1 is 0.571 bits per heavy atom. The van der Waals surface area contributed by atoms with E-state index in [1.54, 1.807) is 38.0 Å². The third kappa shape index (κ3) is 18.7. The summed E-state index contributed by atoms with van der Waals surface area (Å²) in [6.07, 6.45) is 17.0. The maximum Gasteiger partial charge on any atom is 0.222 e. The van der Waals surface area contributed by atoms with Crippen LogP contribution in [0.2, 0.25) is 0 Å². The summed E-state index contributed by atoms with van der Waals surface area (Å²) >= 11 is 0. The second-order valence-corrected chi connectivity index (χ2v) is 10.7. The zero-order valence-electron chi connectivity index (χ0n) is 24.2. The molecule has 0 aromatic rings. The number of carbonyl (C=O) groups is 2. The van der Waals surface area contributed by atoms with Crippen LogP contribution in [0.15, 0.2) is 0 Å². The molecule has 0 rings (SSSR count). The van der Waals surface area contributed by atoms with Gasteiger partial charge < -0.3 is 19.3 Å². The maximum atomic E-state index is 12.4. The zero-order chi connectivity index (χ0) is 26.4. The summed E-state index contributed by atoms with van der Waals surface area (Å²) in [6, 6.07) is 0. The highest BCUT2D eigenvalue weighted by Gasteiger charge is 2.33. The molecular formula is C29H58N2O4. The molecule has 0 aromatic carbocycles. The van der Waals surface area contributed by atoms with Crippen LogP contribution in [0.25, 0.3) is 0 Å². The molecule has 0 saturated heterocycles. The SMILES string of the molecule is CCCCCCCCOCC(CCC(=O)N(C)C)(CCC(=O)N(C)C)COCCCCCCCC.